The largest absolute Gasteiger partial charge is 0.468 e. The molecule has 1 aliphatic rings. The zero-order valence-corrected chi connectivity index (χ0v) is 10.8. The van der Waals surface area contributed by atoms with Crippen LogP contribution in [0.5, 0.6) is 0 Å². The topological polar surface area (TPSA) is 58.6 Å². The van der Waals surface area contributed by atoms with Gasteiger partial charge < -0.3 is 9.84 Å². The van der Waals surface area contributed by atoms with E-state index in [1.165, 1.54) is 19.2 Å². The summed E-state index contributed by atoms with van der Waals surface area (Å²) in [6, 6.07) is 5.72. The molecule has 1 aromatic carbocycles. The summed E-state index contributed by atoms with van der Waals surface area (Å²) in [5.41, 5.74) is 0.982. The predicted molar refractivity (Wildman–Crippen MR) is 68.2 cm³/mol. The van der Waals surface area contributed by atoms with Gasteiger partial charge in [0.05, 0.1) is 13.7 Å². The summed E-state index contributed by atoms with van der Waals surface area (Å²) < 4.78 is 17.7. The molecule has 1 fully saturated rings. The van der Waals surface area contributed by atoms with Crippen LogP contribution in [0.4, 0.5) is 4.39 Å². The summed E-state index contributed by atoms with van der Waals surface area (Å²) >= 11 is 0. The molecule has 5 heteroatoms. The van der Waals surface area contributed by atoms with Crippen LogP contribution in [0.15, 0.2) is 24.3 Å². The number of aliphatic hydroxyl groups is 1. The number of ether oxygens (including phenoxy) is 1. The van der Waals surface area contributed by atoms with E-state index in [4.69, 9.17) is 4.74 Å². The maximum Gasteiger partial charge on any atom is 0.322 e. The third-order valence-corrected chi connectivity index (χ3v) is 3.57. The van der Waals surface area contributed by atoms with Gasteiger partial charge >= 0.3 is 5.97 Å². The zero-order valence-electron chi connectivity index (χ0n) is 10.8. The van der Waals surface area contributed by atoms with Crippen molar-refractivity contribution in [2.45, 2.75) is 30.8 Å². The third kappa shape index (κ3) is 3.30. The van der Waals surface area contributed by atoms with E-state index < -0.39 is 6.04 Å². The van der Waals surface area contributed by atoms with Crippen molar-refractivity contribution in [1.82, 2.24) is 5.32 Å². The highest BCUT2D eigenvalue weighted by Crippen LogP contribution is 2.30. The first-order valence-corrected chi connectivity index (χ1v) is 6.34. The van der Waals surface area contributed by atoms with E-state index in [0.717, 1.165) is 12.0 Å². The summed E-state index contributed by atoms with van der Waals surface area (Å²) in [7, 11) is 1.35. The van der Waals surface area contributed by atoms with Crippen LogP contribution in [0, 0.1) is 5.82 Å². The minimum absolute atomic E-state index is 0.0365. The molecule has 0 aliphatic carbocycles. The van der Waals surface area contributed by atoms with Crippen molar-refractivity contribution in [1.29, 1.82) is 0 Å². The molecule has 3 atom stereocenters. The fourth-order valence-corrected chi connectivity index (χ4v) is 2.59. The lowest BCUT2D eigenvalue weighted by molar-refractivity contribution is -0.144. The monoisotopic (exact) mass is 267 g/mol. The van der Waals surface area contributed by atoms with E-state index in [2.05, 4.69) is 5.32 Å². The van der Waals surface area contributed by atoms with Gasteiger partial charge in [0.25, 0.3) is 0 Å². The van der Waals surface area contributed by atoms with Gasteiger partial charge in [0.1, 0.15) is 11.9 Å². The molecule has 2 rings (SSSR count). The number of piperidine rings is 1. The molecule has 0 saturated carbocycles. The van der Waals surface area contributed by atoms with Gasteiger partial charge in [-0.3, -0.25) is 10.1 Å². The Kier molecular flexibility index (Phi) is 4.50. The van der Waals surface area contributed by atoms with Crippen molar-refractivity contribution >= 4 is 5.97 Å². The molecule has 0 bridgehead atoms. The van der Waals surface area contributed by atoms with Crippen LogP contribution in [-0.2, 0) is 9.53 Å². The molecule has 2 N–H and O–H groups in total. The Morgan fingerprint density at radius 2 is 2.11 bits per heavy atom. The standard InChI is InChI=1S/C14H18FNO3/c1-19-14(18)13-7-10(6-12(8-17)16-13)9-2-4-11(15)5-3-9/h2-5,10,12-13,16-17H,6-8H2,1H3. The van der Waals surface area contributed by atoms with Crippen LogP contribution in [0.25, 0.3) is 0 Å². The summed E-state index contributed by atoms with van der Waals surface area (Å²) in [5, 5.41) is 12.4. The summed E-state index contributed by atoms with van der Waals surface area (Å²) in [4.78, 5) is 11.6. The molecule has 0 radical (unpaired) electrons. The molecule has 19 heavy (non-hydrogen) atoms. The molecule has 1 aliphatic heterocycles. The fourth-order valence-electron chi connectivity index (χ4n) is 2.59. The smallest absolute Gasteiger partial charge is 0.322 e. The Hall–Kier alpha value is -1.46. The highest BCUT2D eigenvalue weighted by molar-refractivity contribution is 5.76. The number of carbonyl (C=O) groups excluding carboxylic acids is 1. The van der Waals surface area contributed by atoms with Crippen molar-refractivity contribution in [3.8, 4) is 0 Å². The minimum Gasteiger partial charge on any atom is -0.468 e. The van der Waals surface area contributed by atoms with Crippen LogP contribution in [0.2, 0.25) is 0 Å². The Labute approximate surface area is 111 Å². The number of esters is 1. The van der Waals surface area contributed by atoms with Gasteiger partial charge in [-0.1, -0.05) is 12.1 Å². The Morgan fingerprint density at radius 1 is 1.42 bits per heavy atom. The summed E-state index contributed by atoms with van der Waals surface area (Å²) in [6.07, 6.45) is 1.31. The molecule has 0 spiro atoms. The van der Waals surface area contributed by atoms with E-state index in [0.29, 0.717) is 6.42 Å². The maximum atomic E-state index is 12.9. The van der Waals surface area contributed by atoms with E-state index in [1.807, 2.05) is 0 Å². The molecule has 104 valence electrons. The van der Waals surface area contributed by atoms with Crippen molar-refractivity contribution < 1.29 is 19.0 Å². The average molecular weight is 267 g/mol. The van der Waals surface area contributed by atoms with Crippen LogP contribution in [-0.4, -0.2) is 36.9 Å². The normalized spacial score (nSPS) is 27.0. The summed E-state index contributed by atoms with van der Waals surface area (Å²) in [6.45, 7) is -0.0365. The van der Waals surface area contributed by atoms with Crippen molar-refractivity contribution in [3.05, 3.63) is 35.6 Å². The van der Waals surface area contributed by atoms with Gasteiger partial charge in [-0.25, -0.2) is 4.39 Å². The number of rotatable bonds is 3. The molecular weight excluding hydrogens is 249 g/mol. The van der Waals surface area contributed by atoms with Gasteiger partial charge in [0.2, 0.25) is 0 Å². The Morgan fingerprint density at radius 3 is 2.68 bits per heavy atom. The number of hydrogen-bond acceptors (Lipinski definition) is 4. The van der Waals surface area contributed by atoms with Crippen LogP contribution >= 0.6 is 0 Å². The van der Waals surface area contributed by atoms with Gasteiger partial charge in [0, 0.05) is 6.04 Å². The SMILES string of the molecule is COC(=O)C1CC(c2ccc(F)cc2)CC(CO)N1. The number of benzene rings is 1. The maximum absolute atomic E-state index is 12.9. The molecular formula is C14H18FNO3. The number of methoxy groups -OCH3 is 1. The lowest BCUT2D eigenvalue weighted by Crippen LogP contribution is -2.50. The molecule has 1 saturated heterocycles. The average Bonchev–Trinajstić information content (AvgIpc) is 2.46. The van der Waals surface area contributed by atoms with Crippen LogP contribution in [0.1, 0.15) is 24.3 Å². The molecule has 1 aromatic rings. The first kappa shape index (κ1) is 14.0. The van der Waals surface area contributed by atoms with E-state index >= 15 is 0 Å². The zero-order chi connectivity index (χ0) is 13.8. The molecule has 1 heterocycles. The van der Waals surface area contributed by atoms with Crippen molar-refractivity contribution in [2.75, 3.05) is 13.7 Å². The highest BCUT2D eigenvalue weighted by atomic mass is 19.1. The number of carbonyl (C=O) groups is 1. The number of aliphatic hydroxyl groups excluding tert-OH is 1. The van der Waals surface area contributed by atoms with E-state index in [9.17, 15) is 14.3 Å². The fraction of sp³-hybridized carbons (Fsp3) is 0.500. The van der Waals surface area contributed by atoms with Gasteiger partial charge in [-0.15, -0.1) is 0 Å². The second-order valence-corrected chi connectivity index (χ2v) is 4.84. The Bertz CT molecular complexity index is 435. The summed E-state index contributed by atoms with van der Waals surface area (Å²) in [5.74, 6) is -0.491. The quantitative estimate of drug-likeness (QED) is 0.808. The first-order chi connectivity index (χ1) is 9.13. The number of halogens is 1. The molecule has 0 amide bonds. The second kappa shape index (κ2) is 6.12. The minimum atomic E-state index is -0.425. The first-order valence-electron chi connectivity index (χ1n) is 6.34. The Balaban J connectivity index is 2.15. The van der Waals surface area contributed by atoms with Crippen LogP contribution < -0.4 is 5.32 Å². The second-order valence-electron chi connectivity index (χ2n) is 4.84. The van der Waals surface area contributed by atoms with E-state index in [1.54, 1.807) is 12.1 Å². The molecule has 4 nitrogen and oxygen atoms in total. The van der Waals surface area contributed by atoms with Gasteiger partial charge in [-0.2, -0.15) is 0 Å². The predicted octanol–water partition coefficient (Wildman–Crippen LogP) is 1.20. The van der Waals surface area contributed by atoms with Crippen molar-refractivity contribution in [2.24, 2.45) is 0 Å². The number of hydrogen-bond donors (Lipinski definition) is 2. The number of nitrogens with one attached hydrogen (secondary N) is 1. The van der Waals surface area contributed by atoms with Crippen LogP contribution in [0.3, 0.4) is 0 Å². The van der Waals surface area contributed by atoms with Crippen molar-refractivity contribution in [3.63, 3.8) is 0 Å². The van der Waals surface area contributed by atoms with Gasteiger partial charge in [-0.05, 0) is 36.5 Å². The highest BCUT2D eigenvalue weighted by Gasteiger charge is 2.33. The molecule has 0 aromatic heterocycles. The molecule has 3 unspecified atom stereocenters. The lowest BCUT2D eigenvalue weighted by atomic mass is 9.83. The van der Waals surface area contributed by atoms with E-state index in [-0.39, 0.29) is 30.4 Å². The third-order valence-electron chi connectivity index (χ3n) is 3.57. The van der Waals surface area contributed by atoms with Gasteiger partial charge in [0.15, 0.2) is 0 Å². The lowest BCUT2D eigenvalue weighted by Gasteiger charge is -2.34.